The average Bonchev–Trinajstić information content (AvgIpc) is 1.94. The Bertz CT molecular complexity index is 106. The molecule has 0 aromatic rings. The maximum atomic E-state index is 5.90. The van der Waals surface area contributed by atoms with E-state index in [1.165, 1.54) is 0 Å². The fourth-order valence-corrected chi connectivity index (χ4v) is 2.30. The summed E-state index contributed by atoms with van der Waals surface area (Å²) in [6, 6.07) is 0.892. The molecular weight excluding hydrogens is 215 g/mol. The molecule has 0 spiro atoms. The zero-order chi connectivity index (χ0) is 9.45. The molecule has 0 amide bonds. The van der Waals surface area contributed by atoms with Crippen molar-refractivity contribution in [3.63, 3.8) is 0 Å². The van der Waals surface area contributed by atoms with E-state index in [2.05, 4.69) is 0 Å². The predicted molar refractivity (Wildman–Crippen MR) is 55.4 cm³/mol. The summed E-state index contributed by atoms with van der Waals surface area (Å²) in [5.41, 5.74) is 0. The second kappa shape index (κ2) is 7.15. The molecule has 0 aliphatic carbocycles. The zero-order valence-corrected chi connectivity index (χ0v) is 10.1. The number of methoxy groups -OCH3 is 1. The first-order chi connectivity index (χ1) is 5.56. The monoisotopic (exact) mass is 230 g/mol. The summed E-state index contributed by atoms with van der Waals surface area (Å²) < 4.78 is 10.1. The maximum Gasteiger partial charge on any atom is 0.248 e. The largest absolute Gasteiger partial charge is 0.382 e. The van der Waals surface area contributed by atoms with E-state index in [4.69, 9.17) is 31.6 Å². The maximum absolute atomic E-state index is 5.90. The topological polar surface area (TPSA) is 18.5 Å². The van der Waals surface area contributed by atoms with Crippen LogP contribution in [0.1, 0.15) is 6.42 Å². The highest BCUT2D eigenvalue weighted by Crippen LogP contribution is 2.21. The van der Waals surface area contributed by atoms with Crippen LogP contribution in [0.15, 0.2) is 0 Å². The number of ether oxygens (including phenoxy) is 2. The van der Waals surface area contributed by atoms with Crippen molar-refractivity contribution < 1.29 is 9.47 Å². The lowest BCUT2D eigenvalue weighted by molar-refractivity contribution is 0.0710. The molecule has 0 heterocycles. The van der Waals surface area contributed by atoms with E-state index in [1.54, 1.807) is 7.11 Å². The van der Waals surface area contributed by atoms with Crippen LogP contribution in [-0.2, 0) is 9.47 Å². The Morgan fingerprint density at radius 1 is 1.17 bits per heavy atom. The van der Waals surface area contributed by atoms with Crippen LogP contribution in [-0.4, -0.2) is 33.6 Å². The Balaban J connectivity index is 3.01. The minimum absolute atomic E-state index is 0.649. The third-order valence-corrected chi connectivity index (χ3v) is 3.70. The van der Waals surface area contributed by atoms with E-state index < -0.39 is 6.69 Å². The van der Waals surface area contributed by atoms with E-state index >= 15 is 0 Å². The molecule has 0 aliphatic rings. The van der Waals surface area contributed by atoms with Gasteiger partial charge in [0.25, 0.3) is 0 Å². The third-order valence-electron chi connectivity index (χ3n) is 1.34. The van der Waals surface area contributed by atoms with Crippen molar-refractivity contribution in [2.24, 2.45) is 0 Å². The second-order valence-electron chi connectivity index (χ2n) is 2.78. The molecule has 0 unspecified atom stereocenters. The van der Waals surface area contributed by atoms with E-state index in [0.717, 1.165) is 19.1 Å². The average molecular weight is 231 g/mol. The minimum atomic E-state index is -1.89. The number of hydrogen-bond acceptors (Lipinski definition) is 2. The first-order valence-corrected chi connectivity index (χ1v) is 8.74. The first kappa shape index (κ1) is 12.7. The van der Waals surface area contributed by atoms with Crippen molar-refractivity contribution in [1.29, 1.82) is 0 Å². The van der Waals surface area contributed by atoms with E-state index in [9.17, 15) is 0 Å². The minimum Gasteiger partial charge on any atom is -0.382 e. The lowest BCUT2D eigenvalue weighted by atomic mass is 10.5. The van der Waals surface area contributed by atoms with Crippen LogP contribution < -0.4 is 0 Å². The molecule has 0 aliphatic heterocycles. The molecule has 0 radical (unpaired) electrons. The van der Waals surface area contributed by atoms with Gasteiger partial charge in [0.1, 0.15) is 0 Å². The predicted octanol–water partition coefficient (Wildman–Crippen LogP) is 2.59. The van der Waals surface area contributed by atoms with Gasteiger partial charge < -0.3 is 9.47 Å². The molecule has 74 valence electrons. The standard InChI is InChI=1S/C7H16Cl2O2Si/c1-10-5-6-11-4-3-7-12(2,8)9/h3-7H2,1-2H3. The quantitative estimate of drug-likeness (QED) is 0.381. The summed E-state index contributed by atoms with van der Waals surface area (Å²) in [6.07, 6.45) is 0.944. The van der Waals surface area contributed by atoms with Gasteiger partial charge in [0, 0.05) is 13.7 Å². The van der Waals surface area contributed by atoms with Crippen molar-refractivity contribution in [2.45, 2.75) is 19.0 Å². The summed E-state index contributed by atoms with van der Waals surface area (Å²) in [7, 11) is 1.66. The fraction of sp³-hybridized carbons (Fsp3) is 1.00. The molecule has 0 aromatic heterocycles. The van der Waals surface area contributed by atoms with Crippen molar-refractivity contribution in [3.05, 3.63) is 0 Å². The van der Waals surface area contributed by atoms with Crippen molar-refractivity contribution >= 4 is 28.9 Å². The van der Waals surface area contributed by atoms with Crippen LogP contribution in [0.2, 0.25) is 12.6 Å². The van der Waals surface area contributed by atoms with Gasteiger partial charge in [-0.1, -0.05) is 0 Å². The van der Waals surface area contributed by atoms with Gasteiger partial charge in [0.05, 0.1) is 13.2 Å². The Labute approximate surface area is 84.6 Å². The van der Waals surface area contributed by atoms with Gasteiger partial charge in [-0.25, -0.2) is 0 Å². The Morgan fingerprint density at radius 2 is 1.83 bits per heavy atom. The highest BCUT2D eigenvalue weighted by Gasteiger charge is 2.19. The normalized spacial score (nSPS) is 12.0. The van der Waals surface area contributed by atoms with Crippen molar-refractivity contribution in [2.75, 3.05) is 26.9 Å². The molecule has 12 heavy (non-hydrogen) atoms. The highest BCUT2D eigenvalue weighted by molar-refractivity contribution is 7.44. The molecule has 0 bridgehead atoms. The number of halogens is 2. The van der Waals surface area contributed by atoms with Gasteiger partial charge >= 0.3 is 0 Å². The van der Waals surface area contributed by atoms with Gasteiger partial charge in [-0.3, -0.25) is 0 Å². The third kappa shape index (κ3) is 10.7. The van der Waals surface area contributed by atoms with E-state index in [1.807, 2.05) is 6.55 Å². The summed E-state index contributed by atoms with van der Waals surface area (Å²) in [4.78, 5) is 0. The van der Waals surface area contributed by atoms with Gasteiger partial charge in [-0.05, 0) is 19.0 Å². The molecule has 0 saturated carbocycles. The Kier molecular flexibility index (Phi) is 7.58. The smallest absolute Gasteiger partial charge is 0.248 e. The highest BCUT2D eigenvalue weighted by atomic mass is 35.7. The van der Waals surface area contributed by atoms with Crippen LogP contribution in [0, 0.1) is 0 Å². The summed E-state index contributed by atoms with van der Waals surface area (Å²) >= 11 is 11.8. The Morgan fingerprint density at radius 3 is 2.33 bits per heavy atom. The number of rotatable bonds is 7. The SMILES string of the molecule is COCCOCCC[Si](C)(Cl)Cl. The van der Waals surface area contributed by atoms with Crippen LogP contribution in [0.3, 0.4) is 0 Å². The fourth-order valence-electron chi connectivity index (χ4n) is 0.729. The van der Waals surface area contributed by atoms with Gasteiger partial charge in [0.2, 0.25) is 6.69 Å². The van der Waals surface area contributed by atoms with Crippen molar-refractivity contribution in [3.8, 4) is 0 Å². The van der Waals surface area contributed by atoms with Crippen LogP contribution in [0.25, 0.3) is 0 Å². The Hall–Kier alpha value is 0.717. The molecule has 0 N–H and O–H groups in total. The molecule has 0 aromatic carbocycles. The van der Waals surface area contributed by atoms with Crippen molar-refractivity contribution in [1.82, 2.24) is 0 Å². The number of hydrogen-bond donors (Lipinski definition) is 0. The van der Waals surface area contributed by atoms with E-state index in [0.29, 0.717) is 13.2 Å². The first-order valence-electron chi connectivity index (χ1n) is 4.01. The van der Waals surface area contributed by atoms with Crippen LogP contribution >= 0.6 is 22.2 Å². The second-order valence-corrected chi connectivity index (χ2v) is 11.0. The molecule has 5 heteroatoms. The summed E-state index contributed by atoms with van der Waals surface area (Å²) in [6.45, 7) is 2.06. The molecule has 0 atom stereocenters. The van der Waals surface area contributed by atoms with Crippen LogP contribution in [0.5, 0.6) is 0 Å². The van der Waals surface area contributed by atoms with Gasteiger partial charge in [-0.2, -0.15) is 0 Å². The summed E-state index contributed by atoms with van der Waals surface area (Å²) in [5.74, 6) is 0. The molecule has 0 saturated heterocycles. The molecule has 0 fully saturated rings. The van der Waals surface area contributed by atoms with E-state index in [-0.39, 0.29) is 0 Å². The lowest BCUT2D eigenvalue weighted by Gasteiger charge is -2.09. The van der Waals surface area contributed by atoms with Crippen LogP contribution in [0.4, 0.5) is 0 Å². The lowest BCUT2D eigenvalue weighted by Crippen LogP contribution is -2.13. The molecule has 0 rings (SSSR count). The van der Waals surface area contributed by atoms with Gasteiger partial charge in [-0.15, -0.1) is 22.2 Å². The zero-order valence-electron chi connectivity index (χ0n) is 7.61. The molecule has 2 nitrogen and oxygen atoms in total. The summed E-state index contributed by atoms with van der Waals surface area (Å²) in [5, 5.41) is 0. The molecular formula is C7H16Cl2O2Si. The van der Waals surface area contributed by atoms with Gasteiger partial charge in [0.15, 0.2) is 0 Å².